The second-order valence-corrected chi connectivity index (χ2v) is 9.78. The van der Waals surface area contributed by atoms with Crippen LogP contribution in [0.15, 0.2) is 0 Å². The van der Waals surface area contributed by atoms with Crippen molar-refractivity contribution in [3.8, 4) is 11.8 Å². The molecule has 0 aliphatic heterocycles. The van der Waals surface area contributed by atoms with Crippen molar-refractivity contribution in [2.75, 3.05) is 6.61 Å². The molecule has 0 aliphatic rings. The molecule has 88 valence electrons. The smallest absolute Gasteiger partial charge is 0.210 e. The van der Waals surface area contributed by atoms with E-state index in [4.69, 9.17) is 9.53 Å². The van der Waals surface area contributed by atoms with Crippen molar-refractivity contribution in [2.45, 2.75) is 51.6 Å². The maximum Gasteiger partial charge on any atom is 0.210 e. The van der Waals surface area contributed by atoms with Crippen LogP contribution in [0.5, 0.6) is 0 Å². The van der Waals surface area contributed by atoms with Gasteiger partial charge in [-0.2, -0.15) is 0 Å². The molecule has 0 saturated heterocycles. The highest BCUT2D eigenvalue weighted by Crippen LogP contribution is 2.36. The molecule has 0 amide bonds. The van der Waals surface area contributed by atoms with E-state index >= 15 is 0 Å². The summed E-state index contributed by atoms with van der Waals surface area (Å²) < 4.78 is 5.59. The van der Waals surface area contributed by atoms with Crippen LogP contribution in [0.25, 0.3) is 0 Å². The van der Waals surface area contributed by atoms with E-state index < -0.39 is 14.6 Å². The van der Waals surface area contributed by atoms with E-state index in [-0.39, 0.29) is 11.6 Å². The van der Waals surface area contributed by atoms with Crippen molar-refractivity contribution in [1.29, 1.82) is 0 Å². The van der Waals surface area contributed by atoms with Gasteiger partial charge in [-0.3, -0.25) is 0 Å². The normalized spacial score (nSPS) is 14.3. The SMILES string of the molecule is CC(C)(C)[Si](C)(C)OC(O)C#CCCO. The van der Waals surface area contributed by atoms with Crippen LogP contribution < -0.4 is 0 Å². The first-order chi connectivity index (χ1) is 6.70. The molecule has 0 aromatic heterocycles. The van der Waals surface area contributed by atoms with Crippen molar-refractivity contribution in [1.82, 2.24) is 0 Å². The van der Waals surface area contributed by atoms with E-state index in [1.165, 1.54) is 0 Å². The second-order valence-electron chi connectivity index (χ2n) is 5.03. The fourth-order valence-electron chi connectivity index (χ4n) is 0.701. The monoisotopic (exact) mass is 230 g/mol. The Balaban J connectivity index is 4.30. The van der Waals surface area contributed by atoms with Gasteiger partial charge in [-0.05, 0) is 24.1 Å². The van der Waals surface area contributed by atoms with Gasteiger partial charge in [0.25, 0.3) is 0 Å². The van der Waals surface area contributed by atoms with Gasteiger partial charge in [0.2, 0.25) is 6.29 Å². The van der Waals surface area contributed by atoms with Crippen LogP contribution in [-0.2, 0) is 4.43 Å². The van der Waals surface area contributed by atoms with E-state index in [1.807, 2.05) is 0 Å². The second kappa shape index (κ2) is 5.66. The Morgan fingerprint density at radius 2 is 1.87 bits per heavy atom. The molecule has 0 aromatic carbocycles. The predicted octanol–water partition coefficient (Wildman–Crippen LogP) is 1.71. The summed E-state index contributed by atoms with van der Waals surface area (Å²) in [5, 5.41) is 18.1. The van der Waals surface area contributed by atoms with Crippen LogP contribution in [0.2, 0.25) is 18.1 Å². The first-order valence-corrected chi connectivity index (χ1v) is 8.06. The highest BCUT2D eigenvalue weighted by molar-refractivity contribution is 6.74. The van der Waals surface area contributed by atoms with Gasteiger partial charge in [0, 0.05) is 6.42 Å². The molecule has 1 atom stereocenters. The third kappa shape index (κ3) is 5.33. The lowest BCUT2D eigenvalue weighted by Gasteiger charge is -2.36. The summed E-state index contributed by atoms with van der Waals surface area (Å²) in [7, 11) is -1.94. The minimum absolute atomic E-state index is 0.0137. The average Bonchev–Trinajstić information content (AvgIpc) is 2.01. The fourth-order valence-corrected chi connectivity index (χ4v) is 1.67. The standard InChI is InChI=1S/C11H22O3Si/c1-11(2,3)15(4,5)14-10(13)8-6-7-9-12/h10,12-13H,7,9H2,1-5H3. The molecule has 3 nitrogen and oxygen atoms in total. The third-order valence-corrected chi connectivity index (χ3v) is 7.10. The predicted molar refractivity (Wildman–Crippen MR) is 63.8 cm³/mol. The zero-order chi connectivity index (χ0) is 12.1. The molecule has 2 N–H and O–H groups in total. The Kier molecular flexibility index (Phi) is 5.53. The van der Waals surface area contributed by atoms with Crippen molar-refractivity contribution in [2.24, 2.45) is 0 Å². The van der Waals surface area contributed by atoms with Gasteiger partial charge in [-0.1, -0.05) is 26.7 Å². The van der Waals surface area contributed by atoms with Gasteiger partial charge >= 0.3 is 0 Å². The highest BCUT2D eigenvalue weighted by atomic mass is 28.4. The molecular formula is C11H22O3Si. The maximum atomic E-state index is 9.53. The number of aliphatic hydroxyl groups is 2. The first kappa shape index (κ1) is 14.7. The molecule has 0 fully saturated rings. The summed E-state index contributed by atoms with van der Waals surface area (Å²) in [6, 6.07) is 0. The molecule has 0 saturated carbocycles. The molecule has 0 aliphatic carbocycles. The van der Waals surface area contributed by atoms with Crippen molar-refractivity contribution >= 4 is 8.32 Å². The zero-order valence-electron chi connectivity index (χ0n) is 10.3. The zero-order valence-corrected chi connectivity index (χ0v) is 11.3. The van der Waals surface area contributed by atoms with Crippen molar-refractivity contribution < 1.29 is 14.6 Å². The van der Waals surface area contributed by atoms with Gasteiger partial charge in [0.1, 0.15) is 0 Å². The average molecular weight is 230 g/mol. The van der Waals surface area contributed by atoms with E-state index in [2.05, 4.69) is 45.7 Å². The van der Waals surface area contributed by atoms with Gasteiger partial charge in [0.15, 0.2) is 8.32 Å². The minimum Gasteiger partial charge on any atom is -0.395 e. The third-order valence-electron chi connectivity index (χ3n) is 2.67. The lowest BCUT2D eigenvalue weighted by atomic mass is 10.2. The van der Waals surface area contributed by atoms with Gasteiger partial charge < -0.3 is 14.6 Å². The summed E-state index contributed by atoms with van der Waals surface area (Å²) >= 11 is 0. The molecule has 0 radical (unpaired) electrons. The Labute approximate surface area is 93.6 Å². The first-order valence-electron chi connectivity index (χ1n) is 5.16. The maximum absolute atomic E-state index is 9.53. The van der Waals surface area contributed by atoms with Gasteiger partial charge in [-0.25, -0.2) is 0 Å². The molecule has 4 heteroatoms. The molecular weight excluding hydrogens is 208 g/mol. The Hall–Kier alpha value is -0.343. The molecule has 0 heterocycles. The number of rotatable bonds is 3. The lowest BCUT2D eigenvalue weighted by Crippen LogP contribution is -2.43. The van der Waals surface area contributed by atoms with Crippen molar-refractivity contribution in [3.05, 3.63) is 0 Å². The Bertz CT molecular complexity index is 245. The van der Waals surface area contributed by atoms with Crippen LogP contribution in [-0.4, -0.2) is 31.4 Å². The topological polar surface area (TPSA) is 49.7 Å². The van der Waals surface area contributed by atoms with E-state index in [9.17, 15) is 5.11 Å². The van der Waals surface area contributed by atoms with Crippen LogP contribution >= 0.6 is 0 Å². The minimum atomic E-state index is -1.94. The number of hydrogen-bond acceptors (Lipinski definition) is 3. The lowest BCUT2D eigenvalue weighted by molar-refractivity contribution is 0.0212. The van der Waals surface area contributed by atoms with E-state index in [0.717, 1.165) is 0 Å². The van der Waals surface area contributed by atoms with E-state index in [0.29, 0.717) is 6.42 Å². The van der Waals surface area contributed by atoms with Crippen LogP contribution in [0.4, 0.5) is 0 Å². The molecule has 0 rings (SSSR count). The Morgan fingerprint density at radius 1 is 1.33 bits per heavy atom. The van der Waals surface area contributed by atoms with E-state index in [1.54, 1.807) is 0 Å². The van der Waals surface area contributed by atoms with Gasteiger partial charge in [0.05, 0.1) is 6.61 Å². The molecule has 0 spiro atoms. The molecule has 15 heavy (non-hydrogen) atoms. The number of hydrogen-bond donors (Lipinski definition) is 2. The largest absolute Gasteiger partial charge is 0.395 e. The molecule has 1 unspecified atom stereocenters. The quantitative estimate of drug-likeness (QED) is 0.441. The summed E-state index contributed by atoms with van der Waals surface area (Å²) in [5.74, 6) is 5.23. The van der Waals surface area contributed by atoms with Crippen LogP contribution in [0, 0.1) is 11.8 Å². The van der Waals surface area contributed by atoms with Gasteiger partial charge in [-0.15, -0.1) is 0 Å². The number of aliphatic hydroxyl groups excluding tert-OH is 2. The van der Waals surface area contributed by atoms with Crippen molar-refractivity contribution in [3.63, 3.8) is 0 Å². The van der Waals surface area contributed by atoms with Crippen LogP contribution in [0.3, 0.4) is 0 Å². The molecule has 0 aromatic rings. The summed E-state index contributed by atoms with van der Waals surface area (Å²) in [5.41, 5.74) is 0. The van der Waals surface area contributed by atoms with Crippen LogP contribution in [0.1, 0.15) is 27.2 Å². The molecule has 0 bridgehead atoms. The Morgan fingerprint density at radius 3 is 2.27 bits per heavy atom. The highest BCUT2D eigenvalue weighted by Gasteiger charge is 2.38. The fraction of sp³-hybridized carbons (Fsp3) is 0.818. The summed E-state index contributed by atoms with van der Waals surface area (Å²) in [4.78, 5) is 0. The summed E-state index contributed by atoms with van der Waals surface area (Å²) in [6.45, 7) is 10.4. The summed E-state index contributed by atoms with van der Waals surface area (Å²) in [6.07, 6.45) is -0.657.